The number of pyridine rings is 1. The first-order valence-electron chi connectivity index (χ1n) is 9.45. The van der Waals surface area contributed by atoms with E-state index in [0.29, 0.717) is 12.2 Å². The first-order valence-corrected chi connectivity index (χ1v) is 9.45. The Bertz CT molecular complexity index is 1350. The van der Waals surface area contributed by atoms with Gasteiger partial charge in [-0.2, -0.15) is 0 Å². The van der Waals surface area contributed by atoms with Crippen molar-refractivity contribution in [1.82, 2.24) is 14.5 Å². The normalized spacial score (nSPS) is 11.3. The van der Waals surface area contributed by atoms with Crippen LogP contribution in [0.15, 0.2) is 59.7 Å². The topological polar surface area (TPSA) is 77.2 Å². The molecule has 31 heavy (non-hydrogen) atoms. The number of nitrogens with zero attached hydrogens (tertiary/aromatic N) is 3. The van der Waals surface area contributed by atoms with Crippen molar-refractivity contribution in [1.29, 1.82) is 0 Å². The highest BCUT2D eigenvalue weighted by molar-refractivity contribution is 5.80. The van der Waals surface area contributed by atoms with E-state index in [0.717, 1.165) is 16.7 Å². The van der Waals surface area contributed by atoms with E-state index >= 15 is 0 Å². The van der Waals surface area contributed by atoms with E-state index in [-0.39, 0.29) is 28.2 Å². The quantitative estimate of drug-likeness (QED) is 0.519. The van der Waals surface area contributed by atoms with Crippen LogP contribution in [0.5, 0.6) is 11.5 Å². The van der Waals surface area contributed by atoms with Crippen LogP contribution in [0, 0.1) is 11.6 Å². The van der Waals surface area contributed by atoms with Gasteiger partial charge in [0.05, 0.1) is 23.7 Å². The maximum Gasteiger partial charge on any atom is 0.266 e. The summed E-state index contributed by atoms with van der Waals surface area (Å²) in [5.41, 5.74) is -0.534. The van der Waals surface area contributed by atoms with Crippen LogP contribution >= 0.6 is 0 Å². The first-order chi connectivity index (χ1) is 15.0. The van der Waals surface area contributed by atoms with Gasteiger partial charge in [0, 0.05) is 11.8 Å². The van der Waals surface area contributed by atoms with Crippen molar-refractivity contribution in [2.45, 2.75) is 6.92 Å². The predicted molar refractivity (Wildman–Crippen MR) is 113 cm³/mol. The molecule has 0 aliphatic carbocycles. The fourth-order valence-corrected chi connectivity index (χ4v) is 3.19. The molecule has 0 saturated carbocycles. The molecule has 6 nitrogen and oxygen atoms in total. The molecule has 4 rings (SSSR count). The summed E-state index contributed by atoms with van der Waals surface area (Å²) in [4.78, 5) is 21.5. The van der Waals surface area contributed by atoms with Crippen molar-refractivity contribution in [3.63, 3.8) is 0 Å². The number of benzene rings is 2. The maximum absolute atomic E-state index is 14.5. The molecule has 1 N–H and O–H groups in total. The van der Waals surface area contributed by atoms with Crippen LogP contribution in [0.25, 0.3) is 28.7 Å². The van der Waals surface area contributed by atoms with Crippen LogP contribution in [-0.2, 0) is 0 Å². The fourth-order valence-electron chi connectivity index (χ4n) is 3.19. The number of para-hydroxylation sites is 2. The number of phenols is 1. The molecule has 0 saturated heterocycles. The highest BCUT2D eigenvalue weighted by Crippen LogP contribution is 2.31. The molecule has 0 bridgehead atoms. The lowest BCUT2D eigenvalue weighted by Gasteiger charge is -2.13. The molecule has 8 heteroatoms. The number of aromatic nitrogens is 3. The van der Waals surface area contributed by atoms with Crippen molar-refractivity contribution in [3.05, 3.63) is 88.2 Å². The average molecular weight is 421 g/mol. The zero-order chi connectivity index (χ0) is 22.0. The number of phenolic OH excluding ortho intramolecular Hbond substituents is 1. The number of ether oxygens (including phenoxy) is 1. The standard InChI is InChI=1S/C23H17F2N3O3/c1-2-31-19-8-3-5-14(22(19)29)9-10-20-27-18-13-26-12-11-15(18)23(30)28(20)21-16(24)6-4-7-17(21)25/h3-13,29H,2H2,1H3. The Morgan fingerprint density at radius 2 is 1.84 bits per heavy atom. The van der Waals surface area contributed by atoms with Crippen molar-refractivity contribution in [3.8, 4) is 17.2 Å². The molecule has 0 spiro atoms. The largest absolute Gasteiger partial charge is 0.504 e. The third-order valence-corrected chi connectivity index (χ3v) is 4.60. The highest BCUT2D eigenvalue weighted by atomic mass is 19.1. The number of hydrogen-bond acceptors (Lipinski definition) is 5. The van der Waals surface area contributed by atoms with Gasteiger partial charge in [-0.05, 0) is 43.3 Å². The Hall–Kier alpha value is -4.07. The molecule has 0 aliphatic heterocycles. The predicted octanol–water partition coefficient (Wildman–Crippen LogP) is 4.33. The summed E-state index contributed by atoms with van der Waals surface area (Å²) < 4.78 is 35.3. The van der Waals surface area contributed by atoms with Gasteiger partial charge in [0.1, 0.15) is 23.1 Å². The number of fused-ring (bicyclic) bond motifs is 1. The lowest BCUT2D eigenvalue weighted by Crippen LogP contribution is -2.24. The zero-order valence-electron chi connectivity index (χ0n) is 16.4. The summed E-state index contributed by atoms with van der Waals surface area (Å²) in [5.74, 6) is -1.66. The van der Waals surface area contributed by atoms with Crippen molar-refractivity contribution in [2.75, 3.05) is 6.61 Å². The minimum atomic E-state index is -0.909. The van der Waals surface area contributed by atoms with Gasteiger partial charge < -0.3 is 9.84 Å². The van der Waals surface area contributed by atoms with E-state index in [4.69, 9.17) is 4.74 Å². The summed E-state index contributed by atoms with van der Waals surface area (Å²) in [7, 11) is 0. The van der Waals surface area contributed by atoms with Gasteiger partial charge >= 0.3 is 0 Å². The molecule has 0 unspecified atom stereocenters. The second kappa shape index (κ2) is 8.35. The number of aromatic hydroxyl groups is 1. The van der Waals surface area contributed by atoms with Gasteiger partial charge in [-0.1, -0.05) is 18.2 Å². The summed E-state index contributed by atoms with van der Waals surface area (Å²) >= 11 is 0. The van der Waals surface area contributed by atoms with E-state index in [9.17, 15) is 18.7 Å². The Kier molecular flexibility index (Phi) is 5.44. The minimum Gasteiger partial charge on any atom is -0.504 e. The van der Waals surface area contributed by atoms with Crippen LogP contribution in [0.1, 0.15) is 18.3 Å². The van der Waals surface area contributed by atoms with Crippen molar-refractivity contribution >= 4 is 23.1 Å². The fraction of sp³-hybridized carbons (Fsp3) is 0.0870. The smallest absolute Gasteiger partial charge is 0.266 e. The third kappa shape index (κ3) is 3.75. The SMILES string of the molecule is CCOc1cccc(C=Cc2nc3cnccc3c(=O)n2-c2c(F)cccc2F)c1O. The highest BCUT2D eigenvalue weighted by Gasteiger charge is 2.18. The second-order valence-corrected chi connectivity index (χ2v) is 6.53. The molecule has 0 fully saturated rings. The van der Waals surface area contributed by atoms with Gasteiger partial charge in [0.15, 0.2) is 11.5 Å². The molecule has 0 radical (unpaired) electrons. The second-order valence-electron chi connectivity index (χ2n) is 6.53. The summed E-state index contributed by atoms with van der Waals surface area (Å²) in [6, 6.07) is 9.70. The lowest BCUT2D eigenvalue weighted by molar-refractivity contribution is 0.318. The van der Waals surface area contributed by atoms with Gasteiger partial charge in [-0.25, -0.2) is 13.8 Å². The van der Waals surface area contributed by atoms with Gasteiger partial charge in [-0.3, -0.25) is 14.3 Å². The maximum atomic E-state index is 14.5. The van der Waals surface area contributed by atoms with Crippen LogP contribution < -0.4 is 10.3 Å². The Balaban J connectivity index is 1.95. The monoisotopic (exact) mass is 421 g/mol. The van der Waals surface area contributed by atoms with E-state index in [1.165, 1.54) is 36.7 Å². The van der Waals surface area contributed by atoms with Crippen LogP contribution in [0.2, 0.25) is 0 Å². The zero-order valence-corrected chi connectivity index (χ0v) is 16.4. The molecule has 2 aromatic carbocycles. The summed E-state index contributed by atoms with van der Waals surface area (Å²) in [6.45, 7) is 2.16. The number of halogens is 2. The molecule has 156 valence electrons. The minimum absolute atomic E-state index is 0.0317. The van der Waals surface area contributed by atoms with Crippen molar-refractivity contribution < 1.29 is 18.6 Å². The Morgan fingerprint density at radius 3 is 2.58 bits per heavy atom. The molecular formula is C23H17F2N3O3. The number of hydrogen-bond donors (Lipinski definition) is 1. The summed E-state index contributed by atoms with van der Waals surface area (Å²) in [6.07, 6.45) is 5.67. The van der Waals surface area contributed by atoms with Crippen LogP contribution in [0.3, 0.4) is 0 Å². The van der Waals surface area contributed by atoms with Gasteiger partial charge in [0.2, 0.25) is 0 Å². The molecular weight excluding hydrogens is 404 g/mol. The average Bonchev–Trinajstić information content (AvgIpc) is 2.76. The molecule has 0 atom stereocenters. The van der Waals surface area contributed by atoms with E-state index < -0.39 is 22.9 Å². The molecule has 2 heterocycles. The lowest BCUT2D eigenvalue weighted by atomic mass is 10.1. The van der Waals surface area contributed by atoms with Crippen LogP contribution in [0.4, 0.5) is 8.78 Å². The summed E-state index contributed by atoms with van der Waals surface area (Å²) in [5, 5.41) is 10.6. The van der Waals surface area contributed by atoms with Crippen LogP contribution in [-0.4, -0.2) is 26.2 Å². The first kappa shape index (κ1) is 20.2. The molecule has 0 amide bonds. The number of rotatable bonds is 5. The molecule has 0 aliphatic rings. The van der Waals surface area contributed by atoms with E-state index in [1.807, 2.05) is 0 Å². The van der Waals surface area contributed by atoms with E-state index in [1.54, 1.807) is 25.1 Å². The molecule has 4 aromatic rings. The van der Waals surface area contributed by atoms with Gasteiger partial charge in [0.25, 0.3) is 5.56 Å². The van der Waals surface area contributed by atoms with Crippen molar-refractivity contribution in [2.24, 2.45) is 0 Å². The molecule has 2 aromatic heterocycles. The Labute approximate surface area is 175 Å². The van der Waals surface area contributed by atoms with Gasteiger partial charge in [-0.15, -0.1) is 0 Å². The van der Waals surface area contributed by atoms with E-state index in [2.05, 4.69) is 9.97 Å². The third-order valence-electron chi connectivity index (χ3n) is 4.60. The Morgan fingerprint density at radius 1 is 1.10 bits per heavy atom.